The first-order valence-corrected chi connectivity index (χ1v) is 6.57. The number of halogens is 2. The van der Waals surface area contributed by atoms with Gasteiger partial charge >= 0.3 is 0 Å². The molecule has 0 aliphatic heterocycles. The van der Waals surface area contributed by atoms with Crippen LogP contribution in [0.1, 0.15) is 5.56 Å². The lowest BCUT2D eigenvalue weighted by Gasteiger charge is -2.03. The van der Waals surface area contributed by atoms with E-state index < -0.39 is 11.6 Å². The van der Waals surface area contributed by atoms with Crippen molar-refractivity contribution in [2.75, 3.05) is 11.1 Å². The second-order valence-electron chi connectivity index (χ2n) is 4.72. The predicted molar refractivity (Wildman–Crippen MR) is 79.6 cm³/mol. The Balaban J connectivity index is 1.80. The van der Waals surface area contributed by atoms with Gasteiger partial charge in [-0.3, -0.25) is 0 Å². The molecule has 7 heteroatoms. The van der Waals surface area contributed by atoms with Gasteiger partial charge in [-0.25, -0.2) is 13.5 Å². The Bertz CT molecular complexity index is 766. The Hall–Kier alpha value is -2.96. The molecule has 3 N–H and O–H groups in total. The van der Waals surface area contributed by atoms with Crippen LogP contribution in [0.4, 0.5) is 26.4 Å². The maximum Gasteiger partial charge on any atom is 0.248 e. The van der Waals surface area contributed by atoms with Crippen LogP contribution in [-0.2, 0) is 6.54 Å². The van der Waals surface area contributed by atoms with Crippen LogP contribution in [0.3, 0.4) is 0 Å². The van der Waals surface area contributed by atoms with Crippen molar-refractivity contribution >= 4 is 17.6 Å². The average Bonchev–Trinajstić information content (AvgIpc) is 2.78. The van der Waals surface area contributed by atoms with E-state index in [4.69, 9.17) is 5.73 Å². The number of aromatic nitrogens is 3. The number of para-hydroxylation sites is 1. The van der Waals surface area contributed by atoms with E-state index in [0.29, 0.717) is 11.5 Å². The van der Waals surface area contributed by atoms with Gasteiger partial charge in [-0.15, -0.1) is 5.10 Å². The van der Waals surface area contributed by atoms with Gasteiger partial charge in [0.25, 0.3) is 0 Å². The van der Waals surface area contributed by atoms with Crippen LogP contribution in [0.25, 0.3) is 0 Å². The normalized spacial score (nSPS) is 10.6. The second-order valence-corrected chi connectivity index (χ2v) is 4.72. The lowest BCUT2D eigenvalue weighted by molar-refractivity contribution is 0.575. The minimum absolute atomic E-state index is 0.129. The highest BCUT2D eigenvalue weighted by atomic mass is 19.1. The van der Waals surface area contributed by atoms with Crippen LogP contribution in [0, 0.1) is 11.6 Å². The molecule has 0 aliphatic rings. The number of benzene rings is 2. The van der Waals surface area contributed by atoms with Crippen molar-refractivity contribution in [2.24, 2.45) is 0 Å². The molecule has 0 unspecified atom stereocenters. The van der Waals surface area contributed by atoms with Crippen LogP contribution in [0.15, 0.2) is 48.5 Å². The van der Waals surface area contributed by atoms with E-state index in [1.807, 2.05) is 30.3 Å². The number of nitrogens with zero attached hydrogens (tertiary/aromatic N) is 3. The monoisotopic (exact) mass is 301 g/mol. The highest BCUT2D eigenvalue weighted by Gasteiger charge is 2.09. The molecule has 0 atom stereocenters. The van der Waals surface area contributed by atoms with E-state index >= 15 is 0 Å². The van der Waals surface area contributed by atoms with Gasteiger partial charge in [0.2, 0.25) is 11.9 Å². The zero-order valence-electron chi connectivity index (χ0n) is 11.5. The molecule has 0 saturated carbocycles. The Morgan fingerprint density at radius 1 is 1.05 bits per heavy atom. The van der Waals surface area contributed by atoms with Crippen molar-refractivity contribution in [2.45, 2.75) is 6.54 Å². The number of hydrogen-bond donors (Lipinski definition) is 2. The summed E-state index contributed by atoms with van der Waals surface area (Å²) in [5.41, 5.74) is 7.01. The molecular weight excluding hydrogens is 288 g/mol. The van der Waals surface area contributed by atoms with E-state index in [0.717, 1.165) is 11.8 Å². The summed E-state index contributed by atoms with van der Waals surface area (Å²) >= 11 is 0. The molecule has 112 valence electrons. The van der Waals surface area contributed by atoms with Gasteiger partial charge in [-0.2, -0.15) is 4.98 Å². The molecule has 3 aromatic rings. The summed E-state index contributed by atoms with van der Waals surface area (Å²) in [5, 5.41) is 7.19. The third-order valence-electron chi connectivity index (χ3n) is 2.98. The third-order valence-corrected chi connectivity index (χ3v) is 2.98. The molecule has 0 bridgehead atoms. The maximum absolute atomic E-state index is 13.2. The molecular formula is C15H13F2N5. The van der Waals surface area contributed by atoms with E-state index in [-0.39, 0.29) is 12.5 Å². The van der Waals surface area contributed by atoms with E-state index in [9.17, 15) is 8.78 Å². The van der Waals surface area contributed by atoms with Gasteiger partial charge in [0.15, 0.2) is 0 Å². The molecule has 0 fully saturated rings. The molecule has 0 aliphatic carbocycles. The molecule has 0 radical (unpaired) electrons. The zero-order chi connectivity index (χ0) is 15.5. The fraction of sp³-hybridized carbons (Fsp3) is 0.0667. The fourth-order valence-corrected chi connectivity index (χ4v) is 2.05. The first-order valence-electron chi connectivity index (χ1n) is 6.57. The van der Waals surface area contributed by atoms with Crippen molar-refractivity contribution < 1.29 is 8.78 Å². The zero-order valence-corrected chi connectivity index (χ0v) is 11.5. The van der Waals surface area contributed by atoms with Crippen LogP contribution < -0.4 is 11.1 Å². The summed E-state index contributed by atoms with van der Waals surface area (Å²) in [5.74, 6) is -0.809. The first-order chi connectivity index (χ1) is 10.6. The molecule has 0 spiro atoms. The van der Waals surface area contributed by atoms with Crippen molar-refractivity contribution in [1.29, 1.82) is 0 Å². The molecule has 1 heterocycles. The fourth-order valence-electron chi connectivity index (χ4n) is 2.05. The summed E-state index contributed by atoms with van der Waals surface area (Å²) in [6.45, 7) is 0.129. The lowest BCUT2D eigenvalue weighted by atomic mass is 10.2. The standard InChI is InChI=1S/C15H13F2N5/c16-11-6-10(7-12(17)8-11)9-22-14(18)20-15(21-22)19-13-4-2-1-3-5-13/h1-8H,9H2,(H3,18,19,20,21). The predicted octanol–water partition coefficient (Wildman–Crippen LogP) is 2.93. The molecule has 0 saturated heterocycles. The summed E-state index contributed by atoms with van der Waals surface area (Å²) < 4.78 is 27.8. The van der Waals surface area contributed by atoms with Gasteiger partial charge in [-0.05, 0) is 29.8 Å². The number of nitrogens with one attached hydrogen (secondary N) is 1. The highest BCUT2D eigenvalue weighted by molar-refractivity contribution is 5.53. The van der Waals surface area contributed by atoms with Crippen molar-refractivity contribution in [3.8, 4) is 0 Å². The Kier molecular flexibility index (Phi) is 3.69. The van der Waals surface area contributed by atoms with Crippen molar-refractivity contribution in [3.63, 3.8) is 0 Å². The van der Waals surface area contributed by atoms with E-state index in [1.54, 1.807) is 0 Å². The minimum Gasteiger partial charge on any atom is -0.368 e. The second kappa shape index (κ2) is 5.80. The summed E-state index contributed by atoms with van der Waals surface area (Å²) in [6.07, 6.45) is 0. The van der Waals surface area contributed by atoms with Gasteiger partial charge < -0.3 is 11.1 Å². The van der Waals surface area contributed by atoms with Crippen LogP contribution in [0.2, 0.25) is 0 Å². The number of nitrogen functional groups attached to an aromatic ring is 1. The number of hydrogen-bond acceptors (Lipinski definition) is 4. The third kappa shape index (κ3) is 3.20. The largest absolute Gasteiger partial charge is 0.368 e. The summed E-state index contributed by atoms with van der Waals surface area (Å²) in [7, 11) is 0. The van der Waals surface area contributed by atoms with Crippen LogP contribution >= 0.6 is 0 Å². The molecule has 5 nitrogen and oxygen atoms in total. The van der Waals surface area contributed by atoms with Crippen molar-refractivity contribution in [1.82, 2.24) is 14.8 Å². The smallest absolute Gasteiger partial charge is 0.248 e. The quantitative estimate of drug-likeness (QED) is 0.777. The number of anilines is 3. The Morgan fingerprint density at radius 3 is 2.41 bits per heavy atom. The Labute approximate surface area is 125 Å². The highest BCUT2D eigenvalue weighted by Crippen LogP contribution is 2.15. The minimum atomic E-state index is -0.642. The average molecular weight is 301 g/mol. The number of rotatable bonds is 4. The number of nitrogens with two attached hydrogens (primary N) is 1. The molecule has 0 amide bonds. The molecule has 3 rings (SSSR count). The van der Waals surface area contributed by atoms with Gasteiger partial charge in [0.1, 0.15) is 11.6 Å². The lowest BCUT2D eigenvalue weighted by Crippen LogP contribution is -2.07. The van der Waals surface area contributed by atoms with Gasteiger partial charge in [-0.1, -0.05) is 18.2 Å². The molecule has 22 heavy (non-hydrogen) atoms. The van der Waals surface area contributed by atoms with Crippen LogP contribution in [-0.4, -0.2) is 14.8 Å². The summed E-state index contributed by atoms with van der Waals surface area (Å²) in [4.78, 5) is 4.08. The maximum atomic E-state index is 13.2. The SMILES string of the molecule is Nc1nc(Nc2ccccc2)nn1Cc1cc(F)cc(F)c1. The van der Waals surface area contributed by atoms with Gasteiger partial charge in [0.05, 0.1) is 6.54 Å². The first kappa shape index (κ1) is 14.0. The topological polar surface area (TPSA) is 68.8 Å². The van der Waals surface area contributed by atoms with Crippen molar-refractivity contribution in [3.05, 3.63) is 65.7 Å². The molecule has 2 aromatic carbocycles. The van der Waals surface area contributed by atoms with Gasteiger partial charge in [0, 0.05) is 11.8 Å². The Morgan fingerprint density at radius 2 is 1.73 bits per heavy atom. The van der Waals surface area contributed by atoms with E-state index in [2.05, 4.69) is 15.4 Å². The van der Waals surface area contributed by atoms with E-state index in [1.165, 1.54) is 16.8 Å². The summed E-state index contributed by atoms with van der Waals surface area (Å²) in [6, 6.07) is 12.6. The molecule has 1 aromatic heterocycles. The van der Waals surface area contributed by atoms with Crippen LogP contribution in [0.5, 0.6) is 0 Å².